The van der Waals surface area contributed by atoms with E-state index in [0.29, 0.717) is 0 Å². The number of hydrogen-bond donors (Lipinski definition) is 2. The Hall–Kier alpha value is -4.19. The molecule has 0 radical (unpaired) electrons. The number of nitriles is 1. The van der Waals surface area contributed by atoms with Gasteiger partial charge in [-0.15, -0.1) is 0 Å². The smallest absolute Gasteiger partial charge is 0.349 e. The van der Waals surface area contributed by atoms with Gasteiger partial charge in [0.05, 0.1) is 0 Å². The fraction of sp³-hybridized carbons (Fsp3) is 0.261. The monoisotopic (exact) mass is 431 g/mol. The third-order valence-corrected chi connectivity index (χ3v) is 4.76. The molecule has 2 aromatic heterocycles. The van der Waals surface area contributed by atoms with Gasteiger partial charge in [0, 0.05) is 23.6 Å². The Kier molecular flexibility index (Phi) is 7.18. The quantitative estimate of drug-likeness (QED) is 0.314. The lowest BCUT2D eigenvalue weighted by Gasteiger charge is -2.08. The SMILES string of the molecule is CCCn1c(C)cc(/C=C(/C#N)C(=O)OCc2nc(N)nc(Nc3ccccc3)n2)c1C. The number of nitrogen functional groups attached to an aromatic ring is 1. The number of hydrogen-bond acceptors (Lipinski definition) is 8. The lowest BCUT2D eigenvalue weighted by Crippen LogP contribution is -2.12. The summed E-state index contributed by atoms with van der Waals surface area (Å²) in [5, 5.41) is 12.5. The molecule has 1 aromatic carbocycles. The number of benzene rings is 1. The third kappa shape index (κ3) is 5.49. The van der Waals surface area contributed by atoms with Crippen LogP contribution in [0.2, 0.25) is 0 Å². The molecule has 0 aliphatic heterocycles. The van der Waals surface area contributed by atoms with Crippen LogP contribution in [0.5, 0.6) is 0 Å². The highest BCUT2D eigenvalue weighted by atomic mass is 16.5. The number of carbonyl (C=O) groups excluding carboxylic acids is 1. The molecule has 0 aliphatic rings. The minimum Gasteiger partial charge on any atom is -0.453 e. The van der Waals surface area contributed by atoms with Gasteiger partial charge in [-0.05, 0) is 50.1 Å². The van der Waals surface area contributed by atoms with Gasteiger partial charge in [-0.2, -0.15) is 20.2 Å². The highest BCUT2D eigenvalue weighted by molar-refractivity contribution is 5.98. The van der Waals surface area contributed by atoms with E-state index in [9.17, 15) is 10.1 Å². The number of ether oxygens (including phenoxy) is 1. The van der Waals surface area contributed by atoms with Gasteiger partial charge in [0.25, 0.3) is 0 Å². The van der Waals surface area contributed by atoms with E-state index >= 15 is 0 Å². The summed E-state index contributed by atoms with van der Waals surface area (Å²) in [5.74, 6) is -0.370. The van der Waals surface area contributed by atoms with E-state index in [4.69, 9.17) is 10.5 Å². The lowest BCUT2D eigenvalue weighted by atomic mass is 10.1. The van der Waals surface area contributed by atoms with E-state index in [0.717, 1.165) is 35.6 Å². The molecule has 164 valence electrons. The van der Waals surface area contributed by atoms with E-state index in [1.165, 1.54) is 0 Å². The average Bonchev–Trinajstić information content (AvgIpc) is 3.04. The minimum absolute atomic E-state index is 0.0103. The number of nitrogens with two attached hydrogens (primary N) is 1. The van der Waals surface area contributed by atoms with Crippen LogP contribution in [0.3, 0.4) is 0 Å². The Morgan fingerprint density at radius 1 is 1.25 bits per heavy atom. The molecule has 2 heterocycles. The number of nitrogens with zero attached hydrogens (tertiary/aromatic N) is 5. The second-order valence-electron chi connectivity index (χ2n) is 7.15. The molecule has 0 unspecified atom stereocenters. The first-order valence-electron chi connectivity index (χ1n) is 10.2. The summed E-state index contributed by atoms with van der Waals surface area (Å²) < 4.78 is 7.42. The zero-order valence-electron chi connectivity index (χ0n) is 18.3. The van der Waals surface area contributed by atoms with E-state index in [1.54, 1.807) is 6.08 Å². The van der Waals surface area contributed by atoms with Crippen molar-refractivity contribution >= 4 is 29.6 Å². The van der Waals surface area contributed by atoms with Crippen molar-refractivity contribution in [1.29, 1.82) is 5.26 Å². The van der Waals surface area contributed by atoms with Gasteiger partial charge in [-0.1, -0.05) is 25.1 Å². The molecule has 0 bridgehead atoms. The first-order chi connectivity index (χ1) is 15.4. The summed E-state index contributed by atoms with van der Waals surface area (Å²) >= 11 is 0. The maximum absolute atomic E-state index is 12.5. The molecule has 3 N–H and O–H groups in total. The number of para-hydroxylation sites is 1. The number of rotatable bonds is 8. The maximum Gasteiger partial charge on any atom is 0.349 e. The Labute approximate surface area is 186 Å². The molecule has 0 aliphatic carbocycles. The normalized spacial score (nSPS) is 11.1. The predicted molar refractivity (Wildman–Crippen MR) is 122 cm³/mol. The van der Waals surface area contributed by atoms with Gasteiger partial charge in [-0.25, -0.2) is 4.79 Å². The van der Waals surface area contributed by atoms with Crippen molar-refractivity contribution in [3.8, 4) is 6.07 Å². The number of aryl methyl sites for hydroxylation is 1. The molecule has 9 heteroatoms. The highest BCUT2D eigenvalue weighted by Gasteiger charge is 2.15. The Balaban J connectivity index is 1.72. The van der Waals surface area contributed by atoms with Crippen LogP contribution in [-0.2, 0) is 22.7 Å². The van der Waals surface area contributed by atoms with Crippen LogP contribution in [0.15, 0.2) is 42.0 Å². The van der Waals surface area contributed by atoms with Gasteiger partial charge < -0.3 is 20.4 Å². The summed E-state index contributed by atoms with van der Waals surface area (Å²) in [4.78, 5) is 24.8. The van der Waals surface area contributed by atoms with Gasteiger partial charge in [-0.3, -0.25) is 0 Å². The molecule has 3 rings (SSSR count). The summed E-state index contributed by atoms with van der Waals surface area (Å²) in [7, 11) is 0. The number of carbonyl (C=O) groups is 1. The number of nitrogens with one attached hydrogen (secondary N) is 1. The van der Waals surface area contributed by atoms with E-state index in [2.05, 4.69) is 31.8 Å². The summed E-state index contributed by atoms with van der Waals surface area (Å²) in [5.41, 5.74) is 9.30. The highest BCUT2D eigenvalue weighted by Crippen LogP contribution is 2.19. The standard InChI is InChI=1S/C23H25N7O2/c1-4-10-30-15(2)11-17(16(30)3)12-18(13-24)21(31)32-14-20-27-22(25)29-23(28-20)26-19-8-6-5-7-9-19/h5-9,11-12H,4,10,14H2,1-3H3,(H3,25,26,27,28,29)/b18-12-. The molecular formula is C23H25N7O2. The van der Waals surface area contributed by atoms with E-state index in [-0.39, 0.29) is 29.9 Å². The van der Waals surface area contributed by atoms with E-state index in [1.807, 2.05) is 56.3 Å². The Morgan fingerprint density at radius 3 is 2.69 bits per heavy atom. The number of esters is 1. The number of anilines is 3. The molecule has 0 fully saturated rings. The zero-order valence-corrected chi connectivity index (χ0v) is 18.3. The molecule has 0 spiro atoms. The van der Waals surface area contributed by atoms with Crippen LogP contribution in [0.1, 0.15) is 36.1 Å². The minimum atomic E-state index is -0.760. The fourth-order valence-electron chi connectivity index (χ4n) is 3.25. The molecular weight excluding hydrogens is 406 g/mol. The van der Waals surface area contributed by atoms with E-state index < -0.39 is 5.97 Å². The maximum atomic E-state index is 12.5. The van der Waals surface area contributed by atoms with Crippen molar-refractivity contribution in [2.75, 3.05) is 11.1 Å². The van der Waals surface area contributed by atoms with Crippen molar-refractivity contribution in [1.82, 2.24) is 19.5 Å². The molecule has 3 aromatic rings. The molecule has 0 saturated carbocycles. The fourth-order valence-corrected chi connectivity index (χ4v) is 3.25. The topological polar surface area (TPSA) is 132 Å². The van der Waals surface area contributed by atoms with Gasteiger partial charge >= 0.3 is 5.97 Å². The molecule has 9 nitrogen and oxygen atoms in total. The molecule has 0 amide bonds. The first-order valence-corrected chi connectivity index (χ1v) is 10.2. The average molecular weight is 432 g/mol. The molecule has 0 saturated heterocycles. The van der Waals surface area contributed by atoms with Crippen molar-refractivity contribution < 1.29 is 9.53 Å². The summed E-state index contributed by atoms with van der Waals surface area (Å²) in [6, 6.07) is 13.2. The number of aromatic nitrogens is 4. The van der Waals surface area contributed by atoms with Crippen molar-refractivity contribution in [2.45, 2.75) is 40.3 Å². The second-order valence-corrected chi connectivity index (χ2v) is 7.15. The molecule has 0 atom stereocenters. The van der Waals surface area contributed by atoms with Crippen LogP contribution >= 0.6 is 0 Å². The van der Waals surface area contributed by atoms with Crippen LogP contribution in [0, 0.1) is 25.2 Å². The van der Waals surface area contributed by atoms with Crippen molar-refractivity contribution in [2.24, 2.45) is 0 Å². The summed E-state index contributed by atoms with van der Waals surface area (Å²) in [6.07, 6.45) is 2.53. The Bertz CT molecular complexity index is 1180. The van der Waals surface area contributed by atoms with Gasteiger partial charge in [0.2, 0.25) is 11.9 Å². The third-order valence-electron chi connectivity index (χ3n) is 4.76. The van der Waals surface area contributed by atoms with Crippen LogP contribution in [-0.4, -0.2) is 25.5 Å². The first kappa shape index (κ1) is 22.5. The largest absolute Gasteiger partial charge is 0.453 e. The summed E-state index contributed by atoms with van der Waals surface area (Å²) in [6.45, 7) is 6.68. The van der Waals surface area contributed by atoms with Crippen LogP contribution in [0.4, 0.5) is 17.6 Å². The lowest BCUT2D eigenvalue weighted by molar-refractivity contribution is -0.139. The Morgan fingerprint density at radius 2 is 2.00 bits per heavy atom. The van der Waals surface area contributed by atoms with Crippen LogP contribution in [0.25, 0.3) is 6.08 Å². The van der Waals surface area contributed by atoms with Crippen molar-refractivity contribution in [3.63, 3.8) is 0 Å². The predicted octanol–water partition coefficient (Wildman–Crippen LogP) is 3.68. The van der Waals surface area contributed by atoms with Gasteiger partial charge in [0.15, 0.2) is 12.4 Å². The van der Waals surface area contributed by atoms with Crippen molar-refractivity contribution in [3.05, 3.63) is 64.7 Å². The molecule has 32 heavy (non-hydrogen) atoms. The second kappa shape index (κ2) is 10.2. The van der Waals surface area contributed by atoms with Gasteiger partial charge in [0.1, 0.15) is 11.6 Å². The zero-order chi connectivity index (χ0) is 23.1. The van der Waals surface area contributed by atoms with Crippen LogP contribution < -0.4 is 11.1 Å².